The van der Waals surface area contributed by atoms with Crippen LogP contribution in [0.15, 0.2) is 12.7 Å². The van der Waals surface area contributed by atoms with Gasteiger partial charge >= 0.3 is 14.5 Å². The van der Waals surface area contributed by atoms with E-state index >= 15 is 0 Å². The summed E-state index contributed by atoms with van der Waals surface area (Å²) >= 11 is 0. The highest BCUT2D eigenvalue weighted by Gasteiger charge is 2.38. The van der Waals surface area contributed by atoms with Crippen molar-refractivity contribution < 1.29 is 13.6 Å². The summed E-state index contributed by atoms with van der Waals surface area (Å²) in [5, 5.41) is 0. The van der Waals surface area contributed by atoms with Crippen molar-refractivity contribution in [3.8, 4) is 0 Å². The summed E-state index contributed by atoms with van der Waals surface area (Å²) < 4.78 is 11.2. The Kier molecular flexibility index (Phi) is 7.34. The lowest BCUT2D eigenvalue weighted by Gasteiger charge is -2.28. The van der Waals surface area contributed by atoms with Crippen LogP contribution < -0.4 is 0 Å². The van der Waals surface area contributed by atoms with Crippen molar-refractivity contribution in [1.82, 2.24) is 0 Å². The summed E-state index contributed by atoms with van der Waals surface area (Å²) in [6, 6.07) is 1.74. The van der Waals surface area contributed by atoms with Crippen LogP contribution in [-0.2, 0) is 13.6 Å². The molecule has 0 bridgehead atoms. The van der Waals surface area contributed by atoms with Gasteiger partial charge in [0.05, 0.1) is 0 Å². The van der Waals surface area contributed by atoms with Crippen LogP contribution in [0.1, 0.15) is 33.6 Å². The first-order chi connectivity index (χ1) is 7.14. The molecule has 0 amide bonds. The third kappa shape index (κ3) is 5.13. The van der Waals surface area contributed by atoms with E-state index in [1.165, 1.54) is 6.08 Å². The van der Waals surface area contributed by atoms with Crippen molar-refractivity contribution in [1.29, 1.82) is 0 Å². The van der Waals surface area contributed by atoms with E-state index in [-0.39, 0.29) is 5.97 Å². The Morgan fingerprint density at radius 1 is 1.27 bits per heavy atom. The van der Waals surface area contributed by atoms with Crippen LogP contribution in [0, 0.1) is 0 Å². The quantitative estimate of drug-likeness (QED) is 0.475. The number of rotatable bonds is 8. The van der Waals surface area contributed by atoms with Crippen LogP contribution in [-0.4, -0.2) is 21.1 Å². The average molecular weight is 230 g/mol. The third-order valence-electron chi connectivity index (χ3n) is 2.12. The van der Waals surface area contributed by atoms with Gasteiger partial charge in [0.25, 0.3) is 0 Å². The van der Waals surface area contributed by atoms with Crippen LogP contribution in [0.25, 0.3) is 0 Å². The Balaban J connectivity index is 4.58. The molecule has 0 aliphatic heterocycles. The van der Waals surface area contributed by atoms with E-state index in [2.05, 4.69) is 20.4 Å². The molecule has 0 N–H and O–H groups in total. The molecule has 0 aliphatic carbocycles. The molecule has 0 aliphatic rings. The monoisotopic (exact) mass is 230 g/mol. The summed E-state index contributed by atoms with van der Waals surface area (Å²) in [4.78, 5) is 11.3. The summed E-state index contributed by atoms with van der Waals surface area (Å²) in [6.45, 7) is 10.1. The topological polar surface area (TPSA) is 35.5 Å². The zero-order valence-corrected chi connectivity index (χ0v) is 11.0. The van der Waals surface area contributed by atoms with Crippen molar-refractivity contribution in [2.24, 2.45) is 0 Å². The number of hydrogen-bond acceptors (Lipinski definition) is 3. The van der Waals surface area contributed by atoms with Crippen LogP contribution in [0.3, 0.4) is 0 Å². The van der Waals surface area contributed by atoms with Gasteiger partial charge in [-0.15, -0.1) is 0 Å². The maximum Gasteiger partial charge on any atom is 0.401 e. The summed E-state index contributed by atoms with van der Waals surface area (Å²) in [5.41, 5.74) is 0. The maximum absolute atomic E-state index is 11.3. The Bertz CT molecular complexity index is 187. The van der Waals surface area contributed by atoms with Crippen molar-refractivity contribution in [2.45, 2.75) is 45.7 Å². The fourth-order valence-electron chi connectivity index (χ4n) is 1.65. The number of carbonyl (C=O) groups excluding carboxylic acids is 1. The van der Waals surface area contributed by atoms with Gasteiger partial charge in [-0.3, -0.25) is 0 Å². The van der Waals surface area contributed by atoms with Gasteiger partial charge in [0, 0.05) is 24.8 Å². The Morgan fingerprint density at radius 2 is 1.80 bits per heavy atom. The first-order valence-corrected chi connectivity index (χ1v) is 7.86. The van der Waals surface area contributed by atoms with E-state index in [1.807, 2.05) is 6.92 Å². The van der Waals surface area contributed by atoms with E-state index in [4.69, 9.17) is 8.85 Å². The zero-order chi connectivity index (χ0) is 11.7. The number of hydrogen-bond donors (Lipinski definition) is 0. The van der Waals surface area contributed by atoms with Gasteiger partial charge in [0.15, 0.2) is 0 Å². The fraction of sp³-hybridized carbons (Fsp3) is 0.727. The second-order valence-electron chi connectivity index (χ2n) is 3.47. The maximum atomic E-state index is 11.3. The predicted molar refractivity (Wildman–Crippen MR) is 63.9 cm³/mol. The molecule has 0 spiro atoms. The second kappa shape index (κ2) is 7.65. The van der Waals surface area contributed by atoms with E-state index < -0.39 is 8.56 Å². The summed E-state index contributed by atoms with van der Waals surface area (Å²) in [6.07, 6.45) is 3.18. The lowest BCUT2D eigenvalue weighted by Crippen LogP contribution is -2.43. The highest BCUT2D eigenvalue weighted by atomic mass is 28.4. The van der Waals surface area contributed by atoms with Gasteiger partial charge in [-0.05, 0) is 6.92 Å². The molecule has 0 unspecified atom stereocenters. The first-order valence-electron chi connectivity index (χ1n) is 5.63. The molecule has 3 nitrogen and oxygen atoms in total. The largest absolute Gasteiger partial charge is 0.491 e. The molecule has 0 saturated heterocycles. The third-order valence-corrected chi connectivity index (χ3v) is 6.03. The highest BCUT2D eigenvalue weighted by Crippen LogP contribution is 2.23. The molecule has 0 radical (unpaired) electrons. The van der Waals surface area contributed by atoms with Gasteiger partial charge < -0.3 is 8.85 Å². The van der Waals surface area contributed by atoms with Crippen LogP contribution >= 0.6 is 0 Å². The summed E-state index contributed by atoms with van der Waals surface area (Å²) in [7, 11) is -2.30. The lowest BCUT2D eigenvalue weighted by molar-refractivity contribution is -0.131. The van der Waals surface area contributed by atoms with Gasteiger partial charge in [0.1, 0.15) is 0 Å². The van der Waals surface area contributed by atoms with Crippen LogP contribution in [0.4, 0.5) is 0 Å². The highest BCUT2D eigenvalue weighted by molar-refractivity contribution is 6.69. The van der Waals surface area contributed by atoms with Crippen molar-refractivity contribution >= 4 is 14.5 Å². The minimum atomic E-state index is -2.30. The van der Waals surface area contributed by atoms with E-state index in [0.717, 1.165) is 24.9 Å². The zero-order valence-electron chi connectivity index (χ0n) is 10.0. The van der Waals surface area contributed by atoms with Gasteiger partial charge in [-0.25, -0.2) is 4.79 Å². The molecular weight excluding hydrogens is 208 g/mol. The Morgan fingerprint density at radius 3 is 2.13 bits per heavy atom. The normalized spacial score (nSPS) is 11.1. The van der Waals surface area contributed by atoms with Gasteiger partial charge in [0.2, 0.25) is 0 Å². The molecule has 0 atom stereocenters. The first kappa shape index (κ1) is 14.4. The minimum absolute atomic E-state index is 0.350. The molecular formula is C11H22O3Si. The molecule has 0 rings (SSSR count). The van der Waals surface area contributed by atoms with E-state index in [1.54, 1.807) is 0 Å². The predicted octanol–water partition coefficient (Wildman–Crippen LogP) is 3.01. The van der Waals surface area contributed by atoms with Crippen molar-refractivity contribution in [3.05, 3.63) is 12.7 Å². The molecule has 0 aromatic carbocycles. The van der Waals surface area contributed by atoms with Gasteiger partial charge in [-0.1, -0.05) is 33.3 Å². The van der Waals surface area contributed by atoms with Crippen LogP contribution in [0.2, 0.25) is 12.1 Å². The van der Waals surface area contributed by atoms with E-state index in [0.29, 0.717) is 6.61 Å². The minimum Gasteiger partial charge on any atom is -0.491 e. The molecule has 0 saturated carbocycles. The van der Waals surface area contributed by atoms with Crippen molar-refractivity contribution in [2.75, 3.05) is 6.61 Å². The Hall–Kier alpha value is -0.613. The van der Waals surface area contributed by atoms with Gasteiger partial charge in [-0.2, -0.15) is 0 Å². The van der Waals surface area contributed by atoms with Crippen molar-refractivity contribution in [3.63, 3.8) is 0 Å². The van der Waals surface area contributed by atoms with E-state index in [9.17, 15) is 4.79 Å². The molecule has 88 valence electrons. The Labute approximate surface area is 93.7 Å². The van der Waals surface area contributed by atoms with Crippen LogP contribution in [0.5, 0.6) is 0 Å². The lowest BCUT2D eigenvalue weighted by atomic mass is 10.6. The molecule has 0 aromatic rings. The smallest absolute Gasteiger partial charge is 0.401 e. The molecule has 15 heavy (non-hydrogen) atoms. The second-order valence-corrected chi connectivity index (χ2v) is 6.78. The molecule has 0 heterocycles. The SMILES string of the molecule is C=CC(=O)O[Si](CCC)(CCC)OCC. The standard InChI is InChI=1S/C11H22O3Si/c1-5-9-15(10-6-2,13-8-4)14-11(12)7-3/h7H,3,5-6,8-10H2,1-2,4H3. The molecule has 0 fully saturated rings. The molecule has 0 aromatic heterocycles. The fourth-order valence-corrected chi connectivity index (χ4v) is 4.95. The summed E-state index contributed by atoms with van der Waals surface area (Å²) in [5.74, 6) is -0.350. The molecule has 4 heteroatoms. The average Bonchev–Trinajstić information content (AvgIpc) is 2.18. The number of carbonyl (C=O) groups is 1.